The predicted octanol–water partition coefficient (Wildman–Crippen LogP) is 8.86. The zero-order valence-corrected chi connectivity index (χ0v) is 37.2. The number of hydrogen-bond donors (Lipinski definition) is 1. The molecule has 1 aromatic carbocycles. The van der Waals surface area contributed by atoms with Crippen LogP contribution in [0.15, 0.2) is 35.1 Å². The number of cyclic esters (lactones) is 1. The van der Waals surface area contributed by atoms with Crippen molar-refractivity contribution in [2.45, 2.75) is 181 Å². The number of benzene rings is 1. The highest BCUT2D eigenvalue weighted by molar-refractivity contribution is 5.90. The van der Waals surface area contributed by atoms with E-state index in [4.69, 9.17) is 28.7 Å². The summed E-state index contributed by atoms with van der Waals surface area (Å²) in [6.07, 6.45) is 10.1. The number of nitrogens with one attached hydrogen (secondary N) is 1. The molecule has 3 aromatic rings. The molecule has 0 spiro atoms. The van der Waals surface area contributed by atoms with E-state index in [9.17, 15) is 28.8 Å². The summed E-state index contributed by atoms with van der Waals surface area (Å²) in [5, 5.41) is 3.43. The van der Waals surface area contributed by atoms with Crippen LogP contribution in [0.25, 0.3) is 22.3 Å². The highest BCUT2D eigenvalue weighted by Gasteiger charge is 2.50. The smallest absolute Gasteiger partial charge is 0.458 e. The summed E-state index contributed by atoms with van der Waals surface area (Å²) in [7, 11) is 0. The molecule has 4 heterocycles. The van der Waals surface area contributed by atoms with E-state index < -0.39 is 64.8 Å². The SMILES string of the molecule is CCCCCCCCCCCCC(NC(=O)CCC(=O)O[C@]1(CC)C(=O)OCc2c1cc1n(c2=O)Cc2cc3cc(OC(=O)OC(C)(C)C)ccc3nc2-1)C(=O)OC(C)(C)C. The van der Waals surface area contributed by atoms with Gasteiger partial charge in [-0.05, 0) is 84.7 Å². The van der Waals surface area contributed by atoms with Gasteiger partial charge in [-0.15, -0.1) is 0 Å². The van der Waals surface area contributed by atoms with Crippen LogP contribution in [0.3, 0.4) is 0 Å². The second-order valence-corrected chi connectivity index (χ2v) is 18.1. The molecule has 0 saturated carbocycles. The van der Waals surface area contributed by atoms with Crippen molar-refractivity contribution < 1.29 is 47.7 Å². The molecular weight excluding hydrogens is 783 g/mol. The van der Waals surface area contributed by atoms with Gasteiger partial charge in [-0.3, -0.25) is 14.4 Å². The minimum absolute atomic E-state index is 0.0440. The summed E-state index contributed by atoms with van der Waals surface area (Å²) in [6.45, 7) is 14.2. The van der Waals surface area contributed by atoms with Crippen molar-refractivity contribution in [3.63, 3.8) is 0 Å². The van der Waals surface area contributed by atoms with E-state index >= 15 is 0 Å². The Morgan fingerprint density at radius 3 is 2.15 bits per heavy atom. The summed E-state index contributed by atoms with van der Waals surface area (Å²) in [4.78, 5) is 84.6. The fourth-order valence-electron chi connectivity index (χ4n) is 7.74. The topological polar surface area (TPSA) is 178 Å². The maximum atomic E-state index is 14.0. The molecule has 332 valence electrons. The molecular formula is C47H63N3O11. The van der Waals surface area contributed by atoms with Crippen molar-refractivity contribution in [2.75, 3.05) is 0 Å². The van der Waals surface area contributed by atoms with Crippen LogP contribution in [0.4, 0.5) is 4.79 Å². The Bertz CT molecular complexity index is 2160. The van der Waals surface area contributed by atoms with Gasteiger partial charge in [0, 0.05) is 22.9 Å². The van der Waals surface area contributed by atoms with Crippen LogP contribution < -0.4 is 15.6 Å². The Labute approximate surface area is 358 Å². The molecule has 0 saturated heterocycles. The number of amides is 1. The van der Waals surface area contributed by atoms with Crippen LogP contribution >= 0.6 is 0 Å². The molecule has 2 aromatic heterocycles. The van der Waals surface area contributed by atoms with E-state index in [1.165, 1.54) is 43.1 Å². The van der Waals surface area contributed by atoms with Crippen LogP contribution in [0.2, 0.25) is 0 Å². The first-order chi connectivity index (χ1) is 28.8. The zero-order chi connectivity index (χ0) is 44.5. The molecule has 0 radical (unpaired) electrons. The number of pyridine rings is 2. The van der Waals surface area contributed by atoms with Crippen LogP contribution in [-0.4, -0.2) is 56.8 Å². The van der Waals surface area contributed by atoms with Crippen LogP contribution in [-0.2, 0) is 56.9 Å². The van der Waals surface area contributed by atoms with Gasteiger partial charge in [-0.25, -0.2) is 19.4 Å². The minimum Gasteiger partial charge on any atom is -0.458 e. The van der Waals surface area contributed by atoms with Gasteiger partial charge >= 0.3 is 24.1 Å². The molecule has 14 nitrogen and oxygen atoms in total. The molecule has 2 aliphatic rings. The summed E-state index contributed by atoms with van der Waals surface area (Å²) in [5.41, 5.74) is -1.23. The summed E-state index contributed by atoms with van der Waals surface area (Å²) in [5.74, 6) is -2.48. The van der Waals surface area contributed by atoms with Crippen molar-refractivity contribution in [3.8, 4) is 17.1 Å². The van der Waals surface area contributed by atoms with Crippen molar-refractivity contribution >= 4 is 40.9 Å². The second kappa shape index (κ2) is 20.1. The van der Waals surface area contributed by atoms with Gasteiger partial charge in [0.1, 0.15) is 29.6 Å². The first-order valence-corrected chi connectivity index (χ1v) is 21.9. The maximum Gasteiger partial charge on any atom is 0.514 e. The summed E-state index contributed by atoms with van der Waals surface area (Å²) in [6, 6.07) is 7.58. The standard InChI is InChI=1S/C47H63N3O11/c1-9-11-12-13-14-15-16-17-18-19-20-36(42(54)60-45(3,4)5)48-38(51)23-24-39(52)59-47(10-2)34-27-37-40-31(28-50(37)41(53)33(34)29-57-43(47)55)25-30-26-32(21-22-35(30)49-40)58-44(56)61-46(6,7)8/h21-22,25-27,36H,9-20,23-24,28-29H2,1-8H3,(H,48,51)/t36?,47-/m0/s1. The van der Waals surface area contributed by atoms with Gasteiger partial charge in [-0.2, -0.15) is 0 Å². The Morgan fingerprint density at radius 2 is 1.51 bits per heavy atom. The zero-order valence-electron chi connectivity index (χ0n) is 37.2. The third-order valence-corrected chi connectivity index (χ3v) is 10.8. The number of nitrogens with zero attached hydrogens (tertiary/aromatic N) is 2. The molecule has 1 N–H and O–H groups in total. The Kier molecular flexibility index (Phi) is 15.4. The molecule has 2 atom stereocenters. The first-order valence-electron chi connectivity index (χ1n) is 21.9. The number of carbonyl (C=O) groups excluding carboxylic acids is 5. The highest BCUT2D eigenvalue weighted by atomic mass is 16.7. The highest BCUT2D eigenvalue weighted by Crippen LogP contribution is 2.41. The third-order valence-electron chi connectivity index (χ3n) is 10.8. The molecule has 1 amide bonds. The number of rotatable bonds is 19. The van der Waals surface area contributed by atoms with Gasteiger partial charge in [0.05, 0.1) is 35.4 Å². The number of aromatic nitrogens is 2. The number of fused-ring (bicyclic) bond motifs is 5. The van der Waals surface area contributed by atoms with Gasteiger partial charge in [0.2, 0.25) is 11.5 Å². The van der Waals surface area contributed by atoms with Crippen molar-refractivity contribution in [2.24, 2.45) is 0 Å². The lowest BCUT2D eigenvalue weighted by Crippen LogP contribution is -2.47. The fourth-order valence-corrected chi connectivity index (χ4v) is 7.74. The van der Waals surface area contributed by atoms with Crippen LogP contribution in [0, 0.1) is 0 Å². The Hall–Kier alpha value is -5.27. The minimum atomic E-state index is -1.95. The number of carbonyl (C=O) groups is 5. The lowest BCUT2D eigenvalue weighted by molar-refractivity contribution is -0.189. The molecule has 5 rings (SSSR count). The van der Waals surface area contributed by atoms with E-state index in [1.54, 1.807) is 72.7 Å². The molecule has 0 bridgehead atoms. The van der Waals surface area contributed by atoms with Gasteiger partial charge in [0.25, 0.3) is 5.56 Å². The molecule has 14 heteroatoms. The quantitative estimate of drug-likeness (QED) is 0.0411. The molecule has 0 fully saturated rings. The molecule has 2 aliphatic heterocycles. The molecule has 0 aliphatic carbocycles. The van der Waals surface area contributed by atoms with E-state index in [2.05, 4.69) is 12.2 Å². The fraction of sp³-hybridized carbons (Fsp3) is 0.596. The summed E-state index contributed by atoms with van der Waals surface area (Å²) < 4.78 is 29.2. The number of esters is 3. The third kappa shape index (κ3) is 12.2. The average Bonchev–Trinajstić information content (AvgIpc) is 3.53. The van der Waals surface area contributed by atoms with E-state index in [0.29, 0.717) is 28.7 Å². The van der Waals surface area contributed by atoms with Crippen molar-refractivity contribution in [3.05, 3.63) is 57.4 Å². The van der Waals surface area contributed by atoms with Gasteiger partial charge < -0.3 is 33.6 Å². The number of hydrogen-bond acceptors (Lipinski definition) is 12. The molecule has 1 unspecified atom stereocenters. The van der Waals surface area contributed by atoms with E-state index in [0.717, 1.165) is 31.2 Å². The monoisotopic (exact) mass is 845 g/mol. The van der Waals surface area contributed by atoms with Crippen LogP contribution in [0.5, 0.6) is 5.75 Å². The van der Waals surface area contributed by atoms with E-state index in [-0.39, 0.29) is 42.9 Å². The first kappa shape index (κ1) is 46.8. The van der Waals surface area contributed by atoms with Crippen LogP contribution in [0.1, 0.15) is 162 Å². The average molecular weight is 846 g/mol. The maximum absolute atomic E-state index is 14.0. The van der Waals surface area contributed by atoms with Gasteiger partial charge in [0.15, 0.2) is 0 Å². The lowest BCUT2D eigenvalue weighted by Gasteiger charge is -2.35. The number of ether oxygens (including phenoxy) is 5. The van der Waals surface area contributed by atoms with Crippen molar-refractivity contribution in [1.29, 1.82) is 0 Å². The Balaban J connectivity index is 1.26. The van der Waals surface area contributed by atoms with E-state index in [1.807, 2.05) is 6.07 Å². The number of unbranched alkanes of at least 4 members (excludes halogenated alkanes) is 9. The summed E-state index contributed by atoms with van der Waals surface area (Å²) >= 11 is 0. The second-order valence-electron chi connectivity index (χ2n) is 18.1. The lowest BCUT2D eigenvalue weighted by atomic mass is 9.85. The van der Waals surface area contributed by atoms with Gasteiger partial charge in [-0.1, -0.05) is 78.1 Å². The Morgan fingerprint density at radius 1 is 0.852 bits per heavy atom. The largest absolute Gasteiger partial charge is 0.514 e. The predicted molar refractivity (Wildman–Crippen MR) is 229 cm³/mol. The normalized spacial score (nSPS) is 16.2. The van der Waals surface area contributed by atoms with Crippen molar-refractivity contribution in [1.82, 2.24) is 14.9 Å². The molecule has 61 heavy (non-hydrogen) atoms.